The van der Waals surface area contributed by atoms with E-state index >= 15 is 0 Å². The van der Waals surface area contributed by atoms with Gasteiger partial charge in [0, 0.05) is 5.69 Å². The smallest absolute Gasteiger partial charge is 0.267 e. The molecule has 1 amide bonds. The van der Waals surface area contributed by atoms with Gasteiger partial charge in [-0.2, -0.15) is 4.80 Å². The number of carbonyl (C=O) groups is 1. The van der Waals surface area contributed by atoms with Gasteiger partial charge in [0.15, 0.2) is 5.60 Å². The molecule has 1 aromatic heterocycles. The second-order valence-electron chi connectivity index (χ2n) is 7.72. The van der Waals surface area contributed by atoms with Gasteiger partial charge >= 0.3 is 0 Å². The van der Waals surface area contributed by atoms with Gasteiger partial charge in [-0.05, 0) is 74.9 Å². The molecular formula is C24H24N4O3. The monoisotopic (exact) mass is 416 g/mol. The Morgan fingerprint density at radius 1 is 0.935 bits per heavy atom. The van der Waals surface area contributed by atoms with Crippen LogP contribution in [0.5, 0.6) is 11.5 Å². The van der Waals surface area contributed by atoms with Gasteiger partial charge < -0.3 is 14.8 Å². The highest BCUT2D eigenvalue weighted by atomic mass is 16.5. The summed E-state index contributed by atoms with van der Waals surface area (Å²) >= 11 is 0. The second kappa shape index (κ2) is 8.10. The van der Waals surface area contributed by atoms with E-state index in [1.165, 1.54) is 0 Å². The molecule has 7 nitrogen and oxygen atoms in total. The molecule has 0 atom stereocenters. The van der Waals surface area contributed by atoms with Crippen molar-refractivity contribution in [1.29, 1.82) is 0 Å². The van der Waals surface area contributed by atoms with Crippen LogP contribution in [0.2, 0.25) is 0 Å². The van der Waals surface area contributed by atoms with E-state index in [1.807, 2.05) is 73.7 Å². The predicted molar refractivity (Wildman–Crippen MR) is 120 cm³/mol. The van der Waals surface area contributed by atoms with E-state index in [1.54, 1.807) is 25.8 Å². The molecule has 0 bridgehead atoms. The summed E-state index contributed by atoms with van der Waals surface area (Å²) in [5.41, 5.74) is 2.74. The standard InChI is InChI=1S/C24H24N4O3/c1-16-14-21-22(27-28(26-21)17-10-12-18(30-4)13-11-17)15-20(16)25-23(29)24(2,3)31-19-8-6-5-7-9-19/h5-15H,1-4H3,(H,25,29). The predicted octanol–water partition coefficient (Wildman–Crippen LogP) is 4.53. The van der Waals surface area contributed by atoms with E-state index in [-0.39, 0.29) is 5.91 Å². The molecule has 158 valence electrons. The summed E-state index contributed by atoms with van der Waals surface area (Å²) in [5, 5.41) is 12.1. The molecule has 1 N–H and O–H groups in total. The van der Waals surface area contributed by atoms with E-state index in [0.717, 1.165) is 22.5 Å². The van der Waals surface area contributed by atoms with Crippen LogP contribution in [0.4, 0.5) is 5.69 Å². The number of rotatable bonds is 6. The summed E-state index contributed by atoms with van der Waals surface area (Å²) in [6.45, 7) is 5.40. The molecule has 4 aromatic rings. The topological polar surface area (TPSA) is 78.3 Å². The molecule has 0 aliphatic heterocycles. The molecule has 0 aliphatic rings. The Morgan fingerprint density at radius 2 is 1.58 bits per heavy atom. The van der Waals surface area contributed by atoms with Crippen LogP contribution in [0.15, 0.2) is 66.7 Å². The normalized spacial score (nSPS) is 11.4. The first kappa shape index (κ1) is 20.4. The third-order valence-corrected chi connectivity index (χ3v) is 4.94. The summed E-state index contributed by atoms with van der Waals surface area (Å²) in [6.07, 6.45) is 0. The first-order chi connectivity index (χ1) is 14.9. The van der Waals surface area contributed by atoms with E-state index in [2.05, 4.69) is 15.5 Å². The lowest BCUT2D eigenvalue weighted by Crippen LogP contribution is -2.42. The molecule has 3 aromatic carbocycles. The number of amides is 1. The van der Waals surface area contributed by atoms with Gasteiger partial charge in [0.1, 0.15) is 22.5 Å². The molecule has 1 heterocycles. The lowest BCUT2D eigenvalue weighted by atomic mass is 10.1. The van der Waals surface area contributed by atoms with E-state index < -0.39 is 5.60 Å². The van der Waals surface area contributed by atoms with Gasteiger partial charge in [-0.15, -0.1) is 10.2 Å². The van der Waals surface area contributed by atoms with Crippen LogP contribution < -0.4 is 14.8 Å². The average Bonchev–Trinajstić information content (AvgIpc) is 3.17. The highest BCUT2D eigenvalue weighted by Gasteiger charge is 2.30. The van der Waals surface area contributed by atoms with Gasteiger partial charge in [0.25, 0.3) is 5.91 Å². The van der Waals surface area contributed by atoms with Crippen molar-refractivity contribution in [2.45, 2.75) is 26.4 Å². The fourth-order valence-electron chi connectivity index (χ4n) is 3.14. The summed E-state index contributed by atoms with van der Waals surface area (Å²) in [4.78, 5) is 14.5. The number of methoxy groups -OCH3 is 1. The molecule has 31 heavy (non-hydrogen) atoms. The number of hydrogen-bond donors (Lipinski definition) is 1. The zero-order valence-electron chi connectivity index (χ0n) is 17.9. The van der Waals surface area contributed by atoms with Gasteiger partial charge in [0.2, 0.25) is 0 Å². The summed E-state index contributed by atoms with van der Waals surface area (Å²) in [6, 6.07) is 20.5. The van der Waals surface area contributed by atoms with Crippen LogP contribution >= 0.6 is 0 Å². The molecular weight excluding hydrogens is 392 g/mol. The number of carbonyl (C=O) groups excluding carboxylic acids is 1. The van der Waals surface area contributed by atoms with Crippen LogP contribution in [0.1, 0.15) is 19.4 Å². The van der Waals surface area contributed by atoms with E-state index in [0.29, 0.717) is 17.0 Å². The number of nitrogens with one attached hydrogen (secondary N) is 1. The molecule has 0 unspecified atom stereocenters. The highest BCUT2D eigenvalue weighted by Crippen LogP contribution is 2.25. The Labute approximate surface area is 180 Å². The van der Waals surface area contributed by atoms with Crippen molar-refractivity contribution < 1.29 is 14.3 Å². The van der Waals surface area contributed by atoms with Crippen LogP contribution in [-0.2, 0) is 4.79 Å². The molecule has 0 aliphatic carbocycles. The van der Waals surface area contributed by atoms with Crippen LogP contribution in [-0.4, -0.2) is 33.6 Å². The van der Waals surface area contributed by atoms with Gasteiger partial charge in [-0.3, -0.25) is 4.79 Å². The average molecular weight is 416 g/mol. The van der Waals surface area contributed by atoms with Gasteiger partial charge in [-0.25, -0.2) is 0 Å². The number of aryl methyl sites for hydroxylation is 1. The molecule has 0 saturated carbocycles. The Balaban J connectivity index is 1.57. The van der Waals surface area contributed by atoms with Crippen molar-refractivity contribution in [3.8, 4) is 17.2 Å². The number of ether oxygens (including phenoxy) is 2. The minimum Gasteiger partial charge on any atom is -0.497 e. The van der Waals surface area contributed by atoms with Crippen molar-refractivity contribution in [3.63, 3.8) is 0 Å². The minimum atomic E-state index is -1.05. The second-order valence-corrected chi connectivity index (χ2v) is 7.72. The van der Waals surface area contributed by atoms with Crippen molar-refractivity contribution in [1.82, 2.24) is 15.0 Å². The number of benzene rings is 3. The number of hydrogen-bond acceptors (Lipinski definition) is 5. The number of fused-ring (bicyclic) bond motifs is 1. The Hall–Kier alpha value is -3.87. The van der Waals surface area contributed by atoms with Crippen molar-refractivity contribution in [2.75, 3.05) is 12.4 Å². The number of nitrogens with zero attached hydrogens (tertiary/aromatic N) is 3. The third kappa shape index (κ3) is 4.35. The SMILES string of the molecule is COc1ccc(-n2nc3cc(C)c(NC(=O)C(C)(C)Oc4ccccc4)cc3n2)cc1. The lowest BCUT2D eigenvalue weighted by molar-refractivity contribution is -0.128. The van der Waals surface area contributed by atoms with E-state index in [9.17, 15) is 4.79 Å². The molecule has 0 spiro atoms. The number of para-hydroxylation sites is 1. The van der Waals surface area contributed by atoms with Crippen LogP contribution in [0.3, 0.4) is 0 Å². The maximum Gasteiger partial charge on any atom is 0.267 e. The molecule has 0 fully saturated rings. The first-order valence-corrected chi connectivity index (χ1v) is 9.93. The quantitative estimate of drug-likeness (QED) is 0.499. The van der Waals surface area contributed by atoms with Crippen molar-refractivity contribution >= 4 is 22.6 Å². The van der Waals surface area contributed by atoms with Crippen molar-refractivity contribution in [2.24, 2.45) is 0 Å². The highest BCUT2D eigenvalue weighted by molar-refractivity contribution is 5.99. The fraction of sp³-hybridized carbons (Fsp3) is 0.208. The number of anilines is 1. The van der Waals surface area contributed by atoms with Crippen LogP contribution in [0.25, 0.3) is 16.7 Å². The maximum absolute atomic E-state index is 12.9. The summed E-state index contributed by atoms with van der Waals surface area (Å²) in [5.74, 6) is 1.15. The zero-order valence-corrected chi connectivity index (χ0v) is 17.9. The molecule has 4 rings (SSSR count). The van der Waals surface area contributed by atoms with Crippen molar-refractivity contribution in [3.05, 3.63) is 72.3 Å². The summed E-state index contributed by atoms with van der Waals surface area (Å²) in [7, 11) is 1.63. The zero-order chi connectivity index (χ0) is 22.0. The Kier molecular flexibility index (Phi) is 5.33. The molecule has 7 heteroatoms. The fourth-order valence-corrected chi connectivity index (χ4v) is 3.14. The maximum atomic E-state index is 12.9. The van der Waals surface area contributed by atoms with E-state index in [4.69, 9.17) is 9.47 Å². The summed E-state index contributed by atoms with van der Waals surface area (Å²) < 4.78 is 11.1. The number of aromatic nitrogens is 3. The largest absolute Gasteiger partial charge is 0.497 e. The molecule has 0 radical (unpaired) electrons. The van der Waals surface area contributed by atoms with Gasteiger partial charge in [0.05, 0.1) is 12.8 Å². The van der Waals surface area contributed by atoms with Crippen LogP contribution in [0, 0.1) is 6.92 Å². The Morgan fingerprint density at radius 3 is 2.23 bits per heavy atom. The minimum absolute atomic E-state index is 0.249. The molecule has 0 saturated heterocycles. The third-order valence-electron chi connectivity index (χ3n) is 4.94. The Bertz CT molecular complexity index is 1220. The lowest BCUT2D eigenvalue weighted by Gasteiger charge is -2.25. The first-order valence-electron chi connectivity index (χ1n) is 9.93. The van der Waals surface area contributed by atoms with Gasteiger partial charge in [-0.1, -0.05) is 18.2 Å².